The molecule has 0 bridgehead atoms. The summed E-state index contributed by atoms with van der Waals surface area (Å²) in [7, 11) is 3.78. The molecule has 0 spiro atoms. The van der Waals surface area contributed by atoms with Crippen molar-refractivity contribution in [3.63, 3.8) is 0 Å². The Morgan fingerprint density at radius 3 is 2.42 bits per heavy atom. The molecule has 0 aromatic heterocycles. The van der Waals surface area contributed by atoms with Gasteiger partial charge in [0.2, 0.25) is 6.41 Å². The Balaban J connectivity index is 1.96. The Hall–Kier alpha value is -0.610. The number of hydrogen-bond donors (Lipinski definition) is 1. The molecule has 1 N–H and O–H groups in total. The maximum Gasteiger partial charge on any atom is 0.210 e. The molecule has 0 aromatic carbocycles. The first-order valence-electron chi connectivity index (χ1n) is 7.73. The number of nitrogens with one attached hydrogen (secondary N) is 1. The molecule has 19 heavy (non-hydrogen) atoms. The van der Waals surface area contributed by atoms with Crippen LogP contribution in [0.15, 0.2) is 0 Å². The van der Waals surface area contributed by atoms with Gasteiger partial charge in [0.05, 0.1) is 6.10 Å². The van der Waals surface area contributed by atoms with Crippen molar-refractivity contribution in [3.05, 3.63) is 0 Å². The van der Waals surface area contributed by atoms with Crippen molar-refractivity contribution in [1.82, 2.24) is 10.2 Å². The van der Waals surface area contributed by atoms with Gasteiger partial charge in [0.25, 0.3) is 0 Å². The molecular weight excluding hydrogens is 240 g/mol. The Labute approximate surface area is 116 Å². The summed E-state index contributed by atoms with van der Waals surface area (Å²) in [5.74, 6) is 0. The van der Waals surface area contributed by atoms with Gasteiger partial charge in [-0.05, 0) is 39.2 Å². The highest BCUT2D eigenvalue weighted by molar-refractivity contribution is 5.48. The molecule has 4 nitrogen and oxygen atoms in total. The van der Waals surface area contributed by atoms with E-state index in [1.54, 1.807) is 7.11 Å². The number of methoxy groups -OCH3 is 1. The van der Waals surface area contributed by atoms with E-state index in [0.717, 1.165) is 25.7 Å². The fourth-order valence-electron chi connectivity index (χ4n) is 3.83. The topological polar surface area (TPSA) is 41.6 Å². The van der Waals surface area contributed by atoms with E-state index in [0.29, 0.717) is 24.2 Å². The van der Waals surface area contributed by atoms with E-state index in [4.69, 9.17) is 4.74 Å². The SMILES string of the molecule is CNC1CC(N(C=O)C2CCCCC2)CCC1OC. The predicted molar refractivity (Wildman–Crippen MR) is 76.1 cm³/mol. The molecule has 2 saturated carbocycles. The number of likely N-dealkylation sites (N-methyl/N-ethyl adjacent to an activating group) is 1. The second-order valence-corrected chi connectivity index (χ2v) is 5.98. The van der Waals surface area contributed by atoms with E-state index in [1.165, 1.54) is 32.1 Å². The van der Waals surface area contributed by atoms with Crippen LogP contribution in [0.25, 0.3) is 0 Å². The van der Waals surface area contributed by atoms with Crippen molar-refractivity contribution in [1.29, 1.82) is 0 Å². The Bertz CT molecular complexity index is 279. The molecule has 110 valence electrons. The average Bonchev–Trinajstić information content (AvgIpc) is 2.49. The summed E-state index contributed by atoms with van der Waals surface area (Å²) < 4.78 is 5.53. The first-order valence-corrected chi connectivity index (χ1v) is 7.73. The van der Waals surface area contributed by atoms with Gasteiger partial charge in [0, 0.05) is 25.2 Å². The van der Waals surface area contributed by atoms with E-state index in [9.17, 15) is 4.79 Å². The molecule has 0 radical (unpaired) electrons. The smallest absolute Gasteiger partial charge is 0.210 e. The minimum absolute atomic E-state index is 0.293. The molecule has 2 fully saturated rings. The Morgan fingerprint density at radius 1 is 1.11 bits per heavy atom. The molecule has 0 heterocycles. The number of hydrogen-bond acceptors (Lipinski definition) is 3. The molecule has 0 aliphatic heterocycles. The zero-order chi connectivity index (χ0) is 13.7. The summed E-state index contributed by atoms with van der Waals surface area (Å²) in [6, 6.07) is 1.24. The molecule has 0 saturated heterocycles. The van der Waals surface area contributed by atoms with Gasteiger partial charge in [0.15, 0.2) is 0 Å². The molecule has 2 aliphatic carbocycles. The van der Waals surface area contributed by atoms with Crippen molar-refractivity contribution in [2.75, 3.05) is 14.2 Å². The number of rotatable bonds is 5. The third-order valence-corrected chi connectivity index (χ3v) is 4.97. The van der Waals surface area contributed by atoms with Crippen LogP contribution in [0.2, 0.25) is 0 Å². The van der Waals surface area contributed by atoms with Gasteiger partial charge >= 0.3 is 0 Å². The van der Waals surface area contributed by atoms with E-state index < -0.39 is 0 Å². The van der Waals surface area contributed by atoms with Crippen LogP contribution in [0.4, 0.5) is 0 Å². The molecule has 1 amide bonds. The first kappa shape index (κ1) is 14.8. The number of amides is 1. The number of carbonyl (C=O) groups is 1. The monoisotopic (exact) mass is 268 g/mol. The van der Waals surface area contributed by atoms with Gasteiger partial charge in [-0.25, -0.2) is 0 Å². The van der Waals surface area contributed by atoms with Gasteiger partial charge in [0.1, 0.15) is 0 Å². The van der Waals surface area contributed by atoms with Crippen molar-refractivity contribution in [2.24, 2.45) is 0 Å². The summed E-state index contributed by atoms with van der Waals surface area (Å²) in [6.45, 7) is 0. The van der Waals surface area contributed by atoms with Crippen LogP contribution in [0.5, 0.6) is 0 Å². The first-order chi connectivity index (χ1) is 9.30. The van der Waals surface area contributed by atoms with Gasteiger partial charge in [-0.1, -0.05) is 19.3 Å². The number of nitrogens with zero attached hydrogens (tertiary/aromatic N) is 1. The van der Waals surface area contributed by atoms with Gasteiger partial charge < -0.3 is 15.0 Å². The minimum Gasteiger partial charge on any atom is -0.380 e. The van der Waals surface area contributed by atoms with Crippen LogP contribution >= 0.6 is 0 Å². The second kappa shape index (κ2) is 7.25. The van der Waals surface area contributed by atoms with Crippen molar-refractivity contribution in [3.8, 4) is 0 Å². The Kier molecular flexibility index (Phi) is 5.64. The van der Waals surface area contributed by atoms with E-state index in [-0.39, 0.29) is 0 Å². The van der Waals surface area contributed by atoms with Crippen LogP contribution < -0.4 is 5.32 Å². The van der Waals surface area contributed by atoms with Crippen molar-refractivity contribution in [2.45, 2.75) is 75.6 Å². The zero-order valence-corrected chi connectivity index (χ0v) is 12.3. The van der Waals surface area contributed by atoms with Crippen molar-refractivity contribution < 1.29 is 9.53 Å². The van der Waals surface area contributed by atoms with E-state index in [1.807, 2.05) is 7.05 Å². The molecule has 3 unspecified atom stereocenters. The Morgan fingerprint density at radius 2 is 1.84 bits per heavy atom. The summed E-state index contributed by atoms with van der Waals surface area (Å²) in [4.78, 5) is 13.6. The molecule has 0 aromatic rings. The lowest BCUT2D eigenvalue weighted by molar-refractivity contribution is -0.125. The lowest BCUT2D eigenvalue weighted by Crippen LogP contribution is -2.52. The fourth-order valence-corrected chi connectivity index (χ4v) is 3.83. The summed E-state index contributed by atoms with van der Waals surface area (Å²) in [5.41, 5.74) is 0. The highest BCUT2D eigenvalue weighted by Crippen LogP contribution is 2.30. The number of ether oxygens (including phenoxy) is 1. The molecular formula is C15H28N2O2. The summed E-state index contributed by atoms with van der Waals surface area (Å²) in [6.07, 6.45) is 10.8. The largest absolute Gasteiger partial charge is 0.380 e. The third-order valence-electron chi connectivity index (χ3n) is 4.97. The standard InChI is InChI=1S/C15H28N2O2/c1-16-14-10-13(8-9-15(14)19-2)17(11-18)12-6-4-3-5-7-12/h11-16H,3-10H2,1-2H3. The van der Waals surface area contributed by atoms with Crippen LogP contribution in [0.3, 0.4) is 0 Å². The van der Waals surface area contributed by atoms with E-state index in [2.05, 4.69) is 10.2 Å². The predicted octanol–water partition coefficient (Wildman–Crippen LogP) is 1.93. The summed E-state index contributed by atoms with van der Waals surface area (Å²) in [5, 5.41) is 3.35. The minimum atomic E-state index is 0.293. The maximum atomic E-state index is 11.5. The third kappa shape index (κ3) is 3.48. The van der Waals surface area contributed by atoms with Crippen LogP contribution in [-0.4, -0.2) is 49.7 Å². The van der Waals surface area contributed by atoms with Gasteiger partial charge in [-0.3, -0.25) is 4.79 Å². The lowest BCUT2D eigenvalue weighted by atomic mass is 9.85. The zero-order valence-electron chi connectivity index (χ0n) is 12.3. The average molecular weight is 268 g/mol. The quantitative estimate of drug-likeness (QED) is 0.775. The van der Waals surface area contributed by atoms with Crippen LogP contribution in [0, 0.1) is 0 Å². The molecule has 3 atom stereocenters. The van der Waals surface area contributed by atoms with Crippen LogP contribution in [-0.2, 0) is 9.53 Å². The normalized spacial score (nSPS) is 33.1. The van der Waals surface area contributed by atoms with Gasteiger partial charge in [-0.2, -0.15) is 0 Å². The highest BCUT2D eigenvalue weighted by atomic mass is 16.5. The fraction of sp³-hybridized carbons (Fsp3) is 0.933. The maximum absolute atomic E-state index is 11.5. The van der Waals surface area contributed by atoms with E-state index >= 15 is 0 Å². The van der Waals surface area contributed by atoms with Crippen molar-refractivity contribution >= 4 is 6.41 Å². The van der Waals surface area contributed by atoms with Gasteiger partial charge in [-0.15, -0.1) is 0 Å². The summed E-state index contributed by atoms with van der Waals surface area (Å²) >= 11 is 0. The molecule has 2 rings (SSSR count). The lowest BCUT2D eigenvalue weighted by Gasteiger charge is -2.43. The van der Waals surface area contributed by atoms with Crippen LogP contribution in [0.1, 0.15) is 51.4 Å². The highest BCUT2D eigenvalue weighted by Gasteiger charge is 2.34. The molecule has 2 aliphatic rings. The molecule has 4 heteroatoms. The number of carbonyl (C=O) groups excluding carboxylic acids is 1. The second-order valence-electron chi connectivity index (χ2n) is 5.98.